The fraction of sp³-hybridized carbons (Fsp3) is 0.211. The van der Waals surface area contributed by atoms with Gasteiger partial charge in [0.15, 0.2) is 0 Å². The van der Waals surface area contributed by atoms with E-state index in [4.69, 9.17) is 11.6 Å². The molecule has 0 N–H and O–H groups in total. The van der Waals surface area contributed by atoms with E-state index in [1.807, 2.05) is 6.19 Å². The molecule has 2 amide bonds. The van der Waals surface area contributed by atoms with Crippen LogP contribution in [0.3, 0.4) is 0 Å². The molecule has 0 atom stereocenters. The summed E-state index contributed by atoms with van der Waals surface area (Å²) in [5, 5.41) is 11.7. The maximum atomic E-state index is 13.0. The lowest BCUT2D eigenvalue weighted by molar-refractivity contribution is -0.0167. The van der Waals surface area contributed by atoms with Crippen molar-refractivity contribution in [3.63, 3.8) is 0 Å². The fourth-order valence-electron chi connectivity index (χ4n) is 2.33. The molecular weight excluding hydrogens is 338 g/mol. The summed E-state index contributed by atoms with van der Waals surface area (Å²) in [4.78, 5) is 25.8. The van der Waals surface area contributed by atoms with Gasteiger partial charge < -0.3 is 0 Å². The van der Waals surface area contributed by atoms with E-state index in [-0.39, 0.29) is 10.6 Å². The van der Waals surface area contributed by atoms with Gasteiger partial charge >= 0.3 is 0 Å². The summed E-state index contributed by atoms with van der Waals surface area (Å²) in [5.74, 6) is -1.11. The van der Waals surface area contributed by atoms with Gasteiger partial charge in [-0.25, -0.2) is 5.01 Å². The molecule has 5 nitrogen and oxygen atoms in total. The van der Waals surface area contributed by atoms with Crippen molar-refractivity contribution in [3.8, 4) is 6.19 Å². The summed E-state index contributed by atoms with van der Waals surface area (Å²) >= 11 is 6.12. The minimum atomic E-state index is -0.823. The van der Waals surface area contributed by atoms with E-state index in [1.165, 1.54) is 0 Å². The Morgan fingerprint density at radius 1 is 0.960 bits per heavy atom. The number of hydrogen-bond donors (Lipinski definition) is 0. The molecule has 0 saturated carbocycles. The zero-order chi connectivity index (χ0) is 18.6. The number of amides is 2. The molecule has 0 heterocycles. The normalized spacial score (nSPS) is 10.7. The van der Waals surface area contributed by atoms with Gasteiger partial charge in [-0.3, -0.25) is 9.59 Å². The monoisotopic (exact) mass is 355 g/mol. The Morgan fingerprint density at radius 3 is 2.04 bits per heavy atom. The average molecular weight is 356 g/mol. The van der Waals surface area contributed by atoms with Gasteiger partial charge in [-0.05, 0) is 45.0 Å². The Kier molecular flexibility index (Phi) is 5.45. The maximum Gasteiger partial charge on any atom is 0.286 e. The second-order valence-corrected chi connectivity index (χ2v) is 6.76. The Balaban J connectivity index is 2.50. The molecule has 0 fully saturated rings. The van der Waals surface area contributed by atoms with E-state index in [2.05, 4.69) is 0 Å². The van der Waals surface area contributed by atoms with Gasteiger partial charge in [0.05, 0.1) is 16.1 Å². The number of carbonyl (C=O) groups is 2. The molecule has 0 spiro atoms. The van der Waals surface area contributed by atoms with Crippen LogP contribution in [-0.4, -0.2) is 27.4 Å². The summed E-state index contributed by atoms with van der Waals surface area (Å²) in [6.45, 7) is 5.22. The van der Waals surface area contributed by atoms with Gasteiger partial charge in [0, 0.05) is 5.56 Å². The number of halogens is 1. The number of rotatable bonds is 2. The third kappa shape index (κ3) is 3.98. The highest BCUT2D eigenvalue weighted by molar-refractivity contribution is 6.33. The lowest BCUT2D eigenvalue weighted by atomic mass is 10.1. The van der Waals surface area contributed by atoms with Crippen molar-refractivity contribution in [2.45, 2.75) is 26.3 Å². The van der Waals surface area contributed by atoms with Crippen LogP contribution < -0.4 is 0 Å². The summed E-state index contributed by atoms with van der Waals surface area (Å²) < 4.78 is 0. The number of hydrogen-bond acceptors (Lipinski definition) is 3. The van der Waals surface area contributed by atoms with Gasteiger partial charge in [-0.1, -0.05) is 41.9 Å². The van der Waals surface area contributed by atoms with E-state index in [0.717, 1.165) is 10.0 Å². The molecule has 128 valence electrons. The number of benzene rings is 2. The van der Waals surface area contributed by atoms with Crippen molar-refractivity contribution in [1.82, 2.24) is 10.0 Å². The fourth-order valence-corrected chi connectivity index (χ4v) is 2.54. The van der Waals surface area contributed by atoms with Crippen LogP contribution in [0.5, 0.6) is 0 Å². The molecule has 0 aliphatic rings. The molecule has 0 aliphatic heterocycles. The van der Waals surface area contributed by atoms with Crippen LogP contribution in [0.25, 0.3) is 0 Å². The maximum absolute atomic E-state index is 13.0. The predicted molar refractivity (Wildman–Crippen MR) is 95.6 cm³/mol. The first-order valence-corrected chi connectivity index (χ1v) is 8.03. The minimum Gasteiger partial charge on any atom is -0.267 e. The highest BCUT2D eigenvalue weighted by Crippen LogP contribution is 2.25. The van der Waals surface area contributed by atoms with Crippen molar-refractivity contribution in [3.05, 3.63) is 70.7 Å². The minimum absolute atomic E-state index is 0.222. The Hall–Kier alpha value is -2.84. The SMILES string of the molecule is CC(C)(C)N(C(=O)c1ccccc1Cl)N(C#N)C(=O)c1ccccc1. The second-order valence-electron chi connectivity index (χ2n) is 6.35. The molecule has 0 aliphatic carbocycles. The van der Waals surface area contributed by atoms with E-state index < -0.39 is 17.4 Å². The molecule has 6 heteroatoms. The summed E-state index contributed by atoms with van der Waals surface area (Å²) in [6.07, 6.45) is 1.82. The highest BCUT2D eigenvalue weighted by Gasteiger charge is 2.37. The third-order valence-electron chi connectivity index (χ3n) is 3.44. The largest absolute Gasteiger partial charge is 0.286 e. The predicted octanol–water partition coefficient (Wildman–Crippen LogP) is 4.12. The number of hydrazine groups is 1. The van der Waals surface area contributed by atoms with Gasteiger partial charge in [0.1, 0.15) is 0 Å². The first-order chi connectivity index (χ1) is 11.8. The zero-order valence-corrected chi connectivity index (χ0v) is 15.0. The zero-order valence-electron chi connectivity index (χ0n) is 14.2. The summed E-state index contributed by atoms with van der Waals surface area (Å²) in [6, 6.07) is 14.9. The Labute approximate surface area is 152 Å². The molecule has 25 heavy (non-hydrogen) atoms. The molecule has 2 rings (SSSR count). The quantitative estimate of drug-likeness (QED) is 0.462. The first kappa shape index (κ1) is 18.5. The van der Waals surface area contributed by atoms with Crippen LogP contribution in [0.2, 0.25) is 5.02 Å². The molecule has 0 aromatic heterocycles. The van der Waals surface area contributed by atoms with Crippen LogP contribution >= 0.6 is 11.6 Å². The molecule has 0 unspecified atom stereocenters. The van der Waals surface area contributed by atoms with Crippen LogP contribution in [-0.2, 0) is 0 Å². The van der Waals surface area contributed by atoms with E-state index >= 15 is 0 Å². The van der Waals surface area contributed by atoms with E-state index in [9.17, 15) is 14.9 Å². The summed E-state index contributed by atoms with van der Waals surface area (Å²) in [7, 11) is 0. The lowest BCUT2D eigenvalue weighted by Gasteiger charge is -2.39. The highest BCUT2D eigenvalue weighted by atomic mass is 35.5. The third-order valence-corrected chi connectivity index (χ3v) is 3.77. The smallest absolute Gasteiger partial charge is 0.267 e. The van der Waals surface area contributed by atoms with Crippen LogP contribution in [0.1, 0.15) is 41.5 Å². The molecule has 2 aromatic rings. The lowest BCUT2D eigenvalue weighted by Crippen LogP contribution is -2.56. The van der Waals surface area contributed by atoms with Gasteiger partial charge in [0.2, 0.25) is 6.19 Å². The Morgan fingerprint density at radius 2 is 1.52 bits per heavy atom. The Bertz CT molecular complexity index is 823. The van der Waals surface area contributed by atoms with Gasteiger partial charge in [-0.15, -0.1) is 5.01 Å². The number of carbonyl (C=O) groups excluding carboxylic acids is 2. The second kappa shape index (κ2) is 7.37. The van der Waals surface area contributed by atoms with Crippen molar-refractivity contribution >= 4 is 23.4 Å². The standard InChI is InChI=1S/C19H18ClN3O2/c1-19(2,3)23(18(25)15-11-7-8-12-16(15)20)22(13-21)17(24)14-9-5-4-6-10-14/h4-12H,1-3H3. The topological polar surface area (TPSA) is 64.4 Å². The van der Waals surface area contributed by atoms with E-state index in [0.29, 0.717) is 5.56 Å². The van der Waals surface area contributed by atoms with Crippen molar-refractivity contribution in [1.29, 1.82) is 5.26 Å². The van der Waals surface area contributed by atoms with Crippen LogP contribution in [0.15, 0.2) is 54.6 Å². The van der Waals surface area contributed by atoms with Gasteiger partial charge in [-0.2, -0.15) is 5.26 Å². The molecular formula is C19H18ClN3O2. The summed E-state index contributed by atoms with van der Waals surface area (Å²) in [5.41, 5.74) is -0.290. The molecule has 0 saturated heterocycles. The van der Waals surface area contributed by atoms with E-state index in [1.54, 1.807) is 75.4 Å². The molecule has 2 aromatic carbocycles. The van der Waals surface area contributed by atoms with Crippen LogP contribution in [0.4, 0.5) is 0 Å². The van der Waals surface area contributed by atoms with Crippen molar-refractivity contribution in [2.24, 2.45) is 0 Å². The average Bonchev–Trinajstić information content (AvgIpc) is 2.58. The first-order valence-electron chi connectivity index (χ1n) is 7.65. The van der Waals surface area contributed by atoms with Gasteiger partial charge in [0.25, 0.3) is 11.8 Å². The number of nitriles is 1. The number of nitrogens with zero attached hydrogens (tertiary/aromatic N) is 3. The molecule has 0 bridgehead atoms. The van der Waals surface area contributed by atoms with Crippen molar-refractivity contribution < 1.29 is 9.59 Å². The van der Waals surface area contributed by atoms with Crippen molar-refractivity contribution in [2.75, 3.05) is 0 Å². The van der Waals surface area contributed by atoms with Crippen LogP contribution in [0, 0.1) is 11.5 Å². The molecule has 0 radical (unpaired) electrons.